The van der Waals surface area contributed by atoms with Crippen molar-refractivity contribution >= 4 is 5.69 Å². The highest BCUT2D eigenvalue weighted by Crippen LogP contribution is 2.17. The first-order valence-electron chi connectivity index (χ1n) is 4.30. The molecular formula is C9H12N2O. The Morgan fingerprint density at radius 1 is 1.17 bits per heavy atom. The Kier molecular flexibility index (Phi) is 1.86. The van der Waals surface area contributed by atoms with Gasteiger partial charge in [-0.15, -0.1) is 0 Å². The van der Waals surface area contributed by atoms with Crippen molar-refractivity contribution in [3.8, 4) is 0 Å². The van der Waals surface area contributed by atoms with Crippen LogP contribution in [0.4, 0.5) is 5.69 Å². The number of pyridine rings is 1. The van der Waals surface area contributed by atoms with Crippen LogP contribution in [-0.2, 0) is 0 Å². The third-order valence-corrected chi connectivity index (χ3v) is 2.26. The van der Waals surface area contributed by atoms with Crippen LogP contribution in [0.25, 0.3) is 0 Å². The summed E-state index contributed by atoms with van der Waals surface area (Å²) in [6.07, 6.45) is 5.64. The molecule has 0 unspecified atom stereocenters. The molecule has 0 bridgehead atoms. The lowest BCUT2D eigenvalue weighted by Crippen LogP contribution is -2.25. The van der Waals surface area contributed by atoms with E-state index in [2.05, 4.69) is 4.90 Å². The largest absolute Gasteiger partial charge is 0.619 e. The van der Waals surface area contributed by atoms with Crippen molar-refractivity contribution in [2.24, 2.45) is 0 Å². The van der Waals surface area contributed by atoms with Crippen LogP contribution in [0, 0.1) is 5.21 Å². The van der Waals surface area contributed by atoms with E-state index in [1.807, 2.05) is 12.1 Å². The molecule has 0 amide bonds. The third-order valence-electron chi connectivity index (χ3n) is 2.26. The predicted octanol–water partition coefficient (Wildman–Crippen LogP) is 0.920. The Morgan fingerprint density at radius 2 is 1.75 bits per heavy atom. The van der Waals surface area contributed by atoms with Crippen molar-refractivity contribution in [3.05, 3.63) is 29.7 Å². The Morgan fingerprint density at radius 3 is 2.33 bits per heavy atom. The van der Waals surface area contributed by atoms with E-state index in [-0.39, 0.29) is 0 Å². The maximum absolute atomic E-state index is 10.7. The topological polar surface area (TPSA) is 30.2 Å². The predicted molar refractivity (Wildman–Crippen MR) is 46.8 cm³/mol. The maximum atomic E-state index is 10.7. The van der Waals surface area contributed by atoms with Gasteiger partial charge in [0.15, 0.2) is 12.4 Å². The van der Waals surface area contributed by atoms with Crippen LogP contribution in [0.5, 0.6) is 0 Å². The summed E-state index contributed by atoms with van der Waals surface area (Å²) in [5.74, 6) is 0. The monoisotopic (exact) mass is 164 g/mol. The second-order valence-corrected chi connectivity index (χ2v) is 3.11. The molecule has 1 saturated heterocycles. The fraction of sp³-hybridized carbons (Fsp3) is 0.444. The molecule has 0 saturated carbocycles. The summed E-state index contributed by atoms with van der Waals surface area (Å²) in [6, 6.07) is 3.75. The highest BCUT2D eigenvalue weighted by atomic mass is 16.5. The molecule has 2 heterocycles. The average molecular weight is 164 g/mol. The van der Waals surface area contributed by atoms with E-state index in [1.54, 1.807) is 12.4 Å². The molecule has 64 valence electrons. The van der Waals surface area contributed by atoms with Crippen LogP contribution in [-0.4, -0.2) is 13.1 Å². The van der Waals surface area contributed by atoms with Crippen LogP contribution in [0.15, 0.2) is 24.5 Å². The highest BCUT2D eigenvalue weighted by molar-refractivity contribution is 5.44. The highest BCUT2D eigenvalue weighted by Gasteiger charge is 2.12. The Bertz CT molecular complexity index is 252. The van der Waals surface area contributed by atoms with Crippen molar-refractivity contribution in [3.63, 3.8) is 0 Å². The molecule has 1 aliphatic heterocycles. The maximum Gasteiger partial charge on any atom is 0.182 e. The molecule has 0 atom stereocenters. The molecular weight excluding hydrogens is 152 g/mol. The van der Waals surface area contributed by atoms with E-state index in [1.165, 1.54) is 18.5 Å². The summed E-state index contributed by atoms with van der Waals surface area (Å²) in [7, 11) is 0. The first-order valence-corrected chi connectivity index (χ1v) is 4.30. The van der Waals surface area contributed by atoms with Gasteiger partial charge in [-0.05, 0) is 12.8 Å². The zero-order valence-corrected chi connectivity index (χ0v) is 6.94. The van der Waals surface area contributed by atoms with Crippen LogP contribution < -0.4 is 9.63 Å². The second kappa shape index (κ2) is 3.01. The van der Waals surface area contributed by atoms with E-state index in [4.69, 9.17) is 0 Å². The minimum absolute atomic E-state index is 0.819. The van der Waals surface area contributed by atoms with Gasteiger partial charge in [-0.25, -0.2) is 0 Å². The molecule has 2 rings (SSSR count). The van der Waals surface area contributed by atoms with Crippen LogP contribution in [0.3, 0.4) is 0 Å². The van der Waals surface area contributed by atoms with Crippen molar-refractivity contribution < 1.29 is 4.73 Å². The quantitative estimate of drug-likeness (QED) is 0.456. The van der Waals surface area contributed by atoms with Crippen molar-refractivity contribution in [2.45, 2.75) is 12.8 Å². The standard InChI is InChI=1S/C9H12N2O/c12-11-7-3-9(4-8-11)10-5-1-2-6-10/h3-4,7-8H,1-2,5-6H2. The fourth-order valence-electron chi connectivity index (χ4n) is 1.59. The number of hydrogen-bond acceptors (Lipinski definition) is 2. The lowest BCUT2D eigenvalue weighted by Gasteiger charge is -2.16. The van der Waals surface area contributed by atoms with Gasteiger partial charge in [-0.1, -0.05) is 0 Å². The molecule has 0 N–H and O–H groups in total. The van der Waals surface area contributed by atoms with Crippen molar-refractivity contribution in [1.29, 1.82) is 0 Å². The van der Waals surface area contributed by atoms with Gasteiger partial charge in [-0.3, -0.25) is 0 Å². The van der Waals surface area contributed by atoms with Crippen LogP contribution in [0.1, 0.15) is 12.8 Å². The molecule has 3 heteroatoms. The molecule has 3 nitrogen and oxygen atoms in total. The van der Waals surface area contributed by atoms with Gasteiger partial charge < -0.3 is 10.1 Å². The molecule has 1 fully saturated rings. The Labute approximate surface area is 71.8 Å². The molecule has 12 heavy (non-hydrogen) atoms. The Hall–Kier alpha value is -1.25. The third kappa shape index (κ3) is 1.35. The van der Waals surface area contributed by atoms with Gasteiger partial charge in [0, 0.05) is 30.9 Å². The molecule has 1 aromatic heterocycles. The first kappa shape index (κ1) is 7.40. The lowest BCUT2D eigenvalue weighted by molar-refractivity contribution is -0.605. The van der Waals surface area contributed by atoms with E-state index >= 15 is 0 Å². The normalized spacial score (nSPS) is 16.8. The molecule has 0 spiro atoms. The SMILES string of the molecule is [O-][n+]1ccc(N2CCCC2)cc1. The van der Waals surface area contributed by atoms with Crippen molar-refractivity contribution in [2.75, 3.05) is 18.0 Å². The van der Waals surface area contributed by atoms with Crippen LogP contribution >= 0.6 is 0 Å². The number of aromatic nitrogens is 1. The van der Waals surface area contributed by atoms with Gasteiger partial charge >= 0.3 is 0 Å². The van der Waals surface area contributed by atoms with E-state index in [9.17, 15) is 5.21 Å². The van der Waals surface area contributed by atoms with E-state index in [0.717, 1.165) is 17.8 Å². The fourth-order valence-corrected chi connectivity index (χ4v) is 1.59. The molecule has 0 radical (unpaired) electrons. The number of hydrogen-bond donors (Lipinski definition) is 0. The summed E-state index contributed by atoms with van der Waals surface area (Å²) in [5, 5.41) is 10.7. The van der Waals surface area contributed by atoms with Gasteiger partial charge in [-0.2, -0.15) is 4.73 Å². The second-order valence-electron chi connectivity index (χ2n) is 3.11. The molecule has 0 aromatic carbocycles. The average Bonchev–Trinajstić information content (AvgIpc) is 2.58. The zero-order chi connectivity index (χ0) is 8.39. The van der Waals surface area contributed by atoms with Gasteiger partial charge in [0.1, 0.15) is 0 Å². The zero-order valence-electron chi connectivity index (χ0n) is 6.94. The summed E-state index contributed by atoms with van der Waals surface area (Å²) < 4.78 is 0.819. The summed E-state index contributed by atoms with van der Waals surface area (Å²) in [4.78, 5) is 2.31. The van der Waals surface area contributed by atoms with Gasteiger partial charge in [0.2, 0.25) is 0 Å². The minimum Gasteiger partial charge on any atom is -0.619 e. The van der Waals surface area contributed by atoms with Gasteiger partial charge in [0.25, 0.3) is 0 Å². The van der Waals surface area contributed by atoms with Crippen molar-refractivity contribution in [1.82, 2.24) is 0 Å². The summed E-state index contributed by atoms with van der Waals surface area (Å²) in [5.41, 5.74) is 1.17. The van der Waals surface area contributed by atoms with Gasteiger partial charge in [0.05, 0.1) is 0 Å². The lowest BCUT2D eigenvalue weighted by atomic mass is 10.4. The first-order chi connectivity index (χ1) is 5.86. The number of anilines is 1. The summed E-state index contributed by atoms with van der Waals surface area (Å²) in [6.45, 7) is 2.26. The molecule has 1 aromatic rings. The summed E-state index contributed by atoms with van der Waals surface area (Å²) >= 11 is 0. The van der Waals surface area contributed by atoms with Crippen LogP contribution in [0.2, 0.25) is 0 Å². The molecule has 0 aliphatic carbocycles. The van der Waals surface area contributed by atoms with E-state index < -0.39 is 0 Å². The number of rotatable bonds is 1. The molecule has 1 aliphatic rings. The minimum atomic E-state index is 0.819. The Balaban J connectivity index is 2.17. The number of nitrogens with zero attached hydrogens (tertiary/aromatic N) is 2. The van der Waals surface area contributed by atoms with E-state index in [0.29, 0.717) is 0 Å². The smallest absolute Gasteiger partial charge is 0.182 e.